The molecule has 0 spiro atoms. The van der Waals surface area contributed by atoms with Crippen LogP contribution in [0.25, 0.3) is 0 Å². The second-order valence-corrected chi connectivity index (χ2v) is 4.92. The van der Waals surface area contributed by atoms with E-state index < -0.39 is 71.6 Å². The van der Waals surface area contributed by atoms with Crippen molar-refractivity contribution in [2.45, 2.75) is 32.3 Å². The van der Waals surface area contributed by atoms with Crippen LogP contribution in [0.4, 0.5) is 0 Å². The minimum Gasteiger partial charge on any atom is -0.481 e. The zero-order valence-corrected chi connectivity index (χ0v) is 12.5. The molecular weight excluding hydrogens is 304 g/mol. The summed E-state index contributed by atoms with van der Waals surface area (Å²) in [5.74, 6) is -4.52. The summed E-state index contributed by atoms with van der Waals surface area (Å²) in [5.41, 5.74) is -1.67. The third-order valence-electron chi connectivity index (χ3n) is 3.15. The number of ether oxygens (including phenoxy) is 1. The Morgan fingerprint density at radius 2 is 1.83 bits per heavy atom. The standard InChI is InChI=1S/C16H20O7/c1-2-10(7-11(17)8-14(18)19)9-23-16(22)13-6-4-3-5-12(13)15(20)21/h3-6,10-11,17H,2,7-9H2,1H3,(H,18,19)(H,20,21)/i3D,4D,5D,6D. The SMILES string of the molecule is [2H]c1c([2H])c([2H])c(C(=O)OCC(CC)CC(O)CC(=O)O)c(C(=O)O)c1[2H]. The molecule has 0 fully saturated rings. The van der Waals surface area contributed by atoms with E-state index in [9.17, 15) is 24.6 Å². The lowest BCUT2D eigenvalue weighted by molar-refractivity contribution is -0.139. The summed E-state index contributed by atoms with van der Waals surface area (Å²) in [5, 5.41) is 27.5. The maximum Gasteiger partial charge on any atom is 0.339 e. The summed E-state index contributed by atoms with van der Waals surface area (Å²) in [6.45, 7) is 1.46. The fourth-order valence-corrected chi connectivity index (χ4v) is 1.91. The molecule has 1 aromatic carbocycles. The second kappa shape index (κ2) is 8.89. The molecule has 126 valence electrons. The van der Waals surface area contributed by atoms with Crippen molar-refractivity contribution < 1.29 is 39.9 Å². The number of hydrogen-bond acceptors (Lipinski definition) is 5. The molecule has 0 amide bonds. The number of carboxylic acid groups (broad SMARTS) is 2. The van der Waals surface area contributed by atoms with E-state index in [4.69, 9.17) is 15.3 Å². The van der Waals surface area contributed by atoms with Gasteiger partial charge in [-0.3, -0.25) is 4.79 Å². The molecule has 0 heterocycles. The van der Waals surface area contributed by atoms with Crippen LogP contribution < -0.4 is 0 Å². The van der Waals surface area contributed by atoms with Crippen molar-refractivity contribution in [1.82, 2.24) is 0 Å². The first kappa shape index (κ1) is 13.1. The summed E-state index contributed by atoms with van der Waals surface area (Å²) in [6.07, 6.45) is -1.15. The van der Waals surface area contributed by atoms with Gasteiger partial charge in [-0.2, -0.15) is 0 Å². The summed E-state index contributed by atoms with van der Waals surface area (Å²) >= 11 is 0. The molecule has 2 unspecified atom stereocenters. The number of carbonyl (C=O) groups is 3. The van der Waals surface area contributed by atoms with Gasteiger partial charge in [-0.1, -0.05) is 19.0 Å². The largest absolute Gasteiger partial charge is 0.481 e. The van der Waals surface area contributed by atoms with Crippen molar-refractivity contribution in [3.8, 4) is 0 Å². The highest BCUT2D eigenvalue weighted by Gasteiger charge is 2.20. The topological polar surface area (TPSA) is 121 Å². The molecule has 0 bridgehead atoms. The Hall–Kier alpha value is -2.41. The monoisotopic (exact) mass is 328 g/mol. The number of aliphatic hydroxyl groups excluding tert-OH is 1. The molecule has 1 aromatic rings. The average molecular weight is 328 g/mol. The Morgan fingerprint density at radius 1 is 1.22 bits per heavy atom. The zero-order chi connectivity index (χ0) is 20.9. The van der Waals surface area contributed by atoms with Gasteiger partial charge < -0.3 is 20.1 Å². The molecule has 0 aliphatic rings. The molecule has 23 heavy (non-hydrogen) atoms. The Bertz CT molecular complexity index is 751. The molecule has 0 aromatic heterocycles. The van der Waals surface area contributed by atoms with Crippen molar-refractivity contribution in [3.05, 3.63) is 35.3 Å². The van der Waals surface area contributed by atoms with E-state index in [1.165, 1.54) is 0 Å². The van der Waals surface area contributed by atoms with E-state index in [1.54, 1.807) is 6.92 Å². The molecule has 1 rings (SSSR count). The van der Waals surface area contributed by atoms with E-state index in [-0.39, 0.29) is 13.0 Å². The number of aliphatic carboxylic acids is 1. The third kappa shape index (κ3) is 6.07. The van der Waals surface area contributed by atoms with Gasteiger partial charge in [-0.25, -0.2) is 9.59 Å². The van der Waals surface area contributed by atoms with Crippen LogP contribution in [0.5, 0.6) is 0 Å². The lowest BCUT2D eigenvalue weighted by Gasteiger charge is -2.18. The highest BCUT2D eigenvalue weighted by Crippen LogP contribution is 2.16. The average Bonchev–Trinajstić information content (AvgIpc) is 2.58. The smallest absolute Gasteiger partial charge is 0.339 e. The lowest BCUT2D eigenvalue weighted by Crippen LogP contribution is -2.22. The van der Waals surface area contributed by atoms with Crippen molar-refractivity contribution in [1.29, 1.82) is 0 Å². The Labute approximate surface area is 139 Å². The van der Waals surface area contributed by atoms with Crippen LogP contribution in [0.2, 0.25) is 0 Å². The Balaban J connectivity index is 3.03. The highest BCUT2D eigenvalue weighted by molar-refractivity contribution is 6.02. The molecular formula is C16H20O7. The third-order valence-corrected chi connectivity index (χ3v) is 3.15. The quantitative estimate of drug-likeness (QED) is 0.591. The number of carboxylic acids is 2. The first-order valence-corrected chi connectivity index (χ1v) is 6.91. The number of hydrogen-bond donors (Lipinski definition) is 3. The fraction of sp³-hybridized carbons (Fsp3) is 0.438. The molecule has 7 nitrogen and oxygen atoms in total. The predicted molar refractivity (Wildman–Crippen MR) is 80.3 cm³/mol. The summed E-state index contributed by atoms with van der Waals surface area (Å²) in [6, 6.07) is -3.23. The fourth-order valence-electron chi connectivity index (χ4n) is 1.91. The molecule has 0 radical (unpaired) electrons. The van der Waals surface area contributed by atoms with Crippen LogP contribution in [0.3, 0.4) is 0 Å². The van der Waals surface area contributed by atoms with E-state index >= 15 is 0 Å². The normalized spacial score (nSPS) is 15.6. The summed E-state index contributed by atoms with van der Waals surface area (Å²) in [4.78, 5) is 34.2. The molecule has 0 aliphatic heterocycles. The molecule has 2 atom stereocenters. The van der Waals surface area contributed by atoms with Crippen LogP contribution in [-0.4, -0.2) is 45.9 Å². The van der Waals surface area contributed by atoms with Crippen LogP contribution in [0, 0.1) is 5.92 Å². The lowest BCUT2D eigenvalue weighted by atomic mass is 9.98. The molecule has 7 heteroatoms. The van der Waals surface area contributed by atoms with Gasteiger partial charge in [-0.05, 0) is 30.8 Å². The van der Waals surface area contributed by atoms with E-state index in [0.29, 0.717) is 6.42 Å². The number of aliphatic hydroxyl groups is 1. The number of carbonyl (C=O) groups excluding carboxylic acids is 1. The number of benzene rings is 1. The zero-order valence-electron chi connectivity index (χ0n) is 16.5. The van der Waals surface area contributed by atoms with Gasteiger partial charge in [-0.15, -0.1) is 0 Å². The van der Waals surface area contributed by atoms with Crippen LogP contribution in [0.15, 0.2) is 24.2 Å². The Kier molecular flexibility index (Phi) is 5.05. The molecule has 3 N–H and O–H groups in total. The van der Waals surface area contributed by atoms with Gasteiger partial charge in [0.25, 0.3) is 0 Å². The first-order chi connectivity index (χ1) is 12.5. The number of esters is 1. The molecule has 0 saturated carbocycles. The highest BCUT2D eigenvalue weighted by atomic mass is 16.5. The van der Waals surface area contributed by atoms with Crippen LogP contribution in [0.1, 0.15) is 52.4 Å². The summed E-state index contributed by atoms with van der Waals surface area (Å²) < 4.78 is 35.5. The summed E-state index contributed by atoms with van der Waals surface area (Å²) in [7, 11) is 0. The van der Waals surface area contributed by atoms with Crippen molar-refractivity contribution in [2.24, 2.45) is 5.92 Å². The molecule has 0 aliphatic carbocycles. The van der Waals surface area contributed by atoms with E-state index in [2.05, 4.69) is 0 Å². The van der Waals surface area contributed by atoms with Crippen molar-refractivity contribution in [3.63, 3.8) is 0 Å². The minimum atomic E-state index is -1.70. The van der Waals surface area contributed by atoms with E-state index in [1.807, 2.05) is 0 Å². The minimum absolute atomic E-state index is 0.0364. The first-order valence-electron chi connectivity index (χ1n) is 8.91. The maximum atomic E-state index is 12.3. The second-order valence-electron chi connectivity index (χ2n) is 4.92. The predicted octanol–water partition coefficient (Wildman–Crippen LogP) is 1.79. The van der Waals surface area contributed by atoms with Crippen molar-refractivity contribution in [2.75, 3.05) is 6.61 Å². The Morgan fingerprint density at radius 3 is 2.35 bits per heavy atom. The van der Waals surface area contributed by atoms with Gasteiger partial charge in [0.15, 0.2) is 0 Å². The number of aromatic carboxylic acids is 1. The van der Waals surface area contributed by atoms with Crippen LogP contribution >= 0.6 is 0 Å². The van der Waals surface area contributed by atoms with E-state index in [0.717, 1.165) is 0 Å². The van der Waals surface area contributed by atoms with Gasteiger partial charge in [0, 0.05) is 0 Å². The van der Waals surface area contributed by atoms with Gasteiger partial charge >= 0.3 is 17.9 Å². The van der Waals surface area contributed by atoms with Gasteiger partial charge in [0.1, 0.15) is 0 Å². The number of rotatable bonds is 9. The molecule has 0 saturated heterocycles. The van der Waals surface area contributed by atoms with Crippen molar-refractivity contribution >= 4 is 17.9 Å². The van der Waals surface area contributed by atoms with Gasteiger partial charge in [0.2, 0.25) is 0 Å². The maximum absolute atomic E-state index is 12.3. The van der Waals surface area contributed by atoms with Gasteiger partial charge in [0.05, 0.1) is 35.7 Å². The van der Waals surface area contributed by atoms with Crippen LogP contribution in [-0.2, 0) is 9.53 Å².